The van der Waals surface area contributed by atoms with Crippen LogP contribution in [0.15, 0.2) is 33.5 Å². The zero-order valence-corrected chi connectivity index (χ0v) is 13.0. The molecule has 0 atom stereocenters. The van der Waals surface area contributed by atoms with Gasteiger partial charge in [-0.05, 0) is 32.9 Å². The second kappa shape index (κ2) is 6.46. The molecule has 0 unspecified atom stereocenters. The molecular weight excluding hydrogens is 300 g/mol. The first-order chi connectivity index (χ1) is 10.8. The maximum absolute atomic E-state index is 11.6. The summed E-state index contributed by atoms with van der Waals surface area (Å²) in [5.74, 6) is -0.148. The first-order valence-corrected chi connectivity index (χ1v) is 6.88. The molecule has 0 fully saturated rings. The van der Waals surface area contributed by atoms with Gasteiger partial charge in [-0.1, -0.05) is 0 Å². The summed E-state index contributed by atoms with van der Waals surface area (Å²) in [7, 11) is 0. The molecule has 0 amide bonds. The monoisotopic (exact) mass is 316 g/mol. The first-order valence-electron chi connectivity index (χ1n) is 6.88. The second-order valence-corrected chi connectivity index (χ2v) is 5.80. The summed E-state index contributed by atoms with van der Waals surface area (Å²) in [5.41, 5.74) is 8.12. The van der Waals surface area contributed by atoms with Crippen LogP contribution in [0.4, 0.5) is 0 Å². The summed E-state index contributed by atoms with van der Waals surface area (Å²) >= 11 is 0. The van der Waals surface area contributed by atoms with Gasteiger partial charge >= 0.3 is 11.6 Å². The minimum Gasteiger partial charge on any atom is -0.482 e. The highest BCUT2D eigenvalue weighted by Gasteiger charge is 2.17. The number of hydrogen-bond donors (Lipinski definition) is 0. The van der Waals surface area contributed by atoms with E-state index in [-0.39, 0.29) is 12.2 Å². The number of benzene rings is 1. The van der Waals surface area contributed by atoms with Crippen molar-refractivity contribution in [1.29, 1.82) is 0 Å². The van der Waals surface area contributed by atoms with Crippen LogP contribution < -0.4 is 10.4 Å². The SMILES string of the molecule is CC(C)(C)OC(=O)COc1ccc2c(C=[N+]=[N-])cc(=O)oc2c1. The van der Waals surface area contributed by atoms with Gasteiger partial charge in [0.15, 0.2) is 6.61 Å². The second-order valence-electron chi connectivity index (χ2n) is 5.80. The third kappa shape index (κ3) is 4.52. The van der Waals surface area contributed by atoms with Crippen LogP contribution in [0.3, 0.4) is 0 Å². The van der Waals surface area contributed by atoms with E-state index in [1.54, 1.807) is 32.9 Å². The van der Waals surface area contributed by atoms with Gasteiger partial charge in [-0.15, -0.1) is 0 Å². The average molecular weight is 316 g/mol. The van der Waals surface area contributed by atoms with Gasteiger partial charge in [-0.25, -0.2) is 9.59 Å². The Hall–Kier alpha value is -2.92. The largest absolute Gasteiger partial charge is 0.482 e. The fourth-order valence-corrected chi connectivity index (χ4v) is 1.94. The highest BCUT2D eigenvalue weighted by Crippen LogP contribution is 2.22. The molecule has 2 rings (SSSR count). The van der Waals surface area contributed by atoms with Crippen molar-refractivity contribution in [3.8, 4) is 5.75 Å². The van der Waals surface area contributed by atoms with Crippen molar-refractivity contribution in [3.63, 3.8) is 0 Å². The molecule has 0 saturated heterocycles. The molecule has 0 aliphatic carbocycles. The van der Waals surface area contributed by atoms with Gasteiger partial charge < -0.3 is 19.4 Å². The minimum atomic E-state index is -0.588. The predicted molar refractivity (Wildman–Crippen MR) is 82.6 cm³/mol. The number of fused-ring (bicyclic) bond motifs is 1. The number of rotatable bonds is 4. The molecule has 0 N–H and O–H groups in total. The predicted octanol–water partition coefficient (Wildman–Crippen LogP) is 2.16. The Labute approximate surface area is 132 Å². The van der Waals surface area contributed by atoms with Gasteiger partial charge in [0.05, 0.1) is 5.56 Å². The lowest BCUT2D eigenvalue weighted by Crippen LogP contribution is -2.27. The maximum Gasteiger partial charge on any atom is 0.344 e. The van der Waals surface area contributed by atoms with E-state index in [9.17, 15) is 9.59 Å². The van der Waals surface area contributed by atoms with Gasteiger partial charge in [0.1, 0.15) is 16.9 Å². The topological polar surface area (TPSA) is 102 Å². The molecule has 0 aliphatic rings. The molecule has 2 aromatic rings. The van der Waals surface area contributed by atoms with E-state index in [0.29, 0.717) is 16.7 Å². The van der Waals surface area contributed by atoms with Crippen LogP contribution in [0.5, 0.6) is 5.75 Å². The lowest BCUT2D eigenvalue weighted by atomic mass is 10.1. The number of carbonyl (C=O) groups excluding carboxylic acids is 1. The van der Waals surface area contributed by atoms with Crippen molar-refractivity contribution < 1.29 is 23.5 Å². The molecule has 0 spiro atoms. The van der Waals surface area contributed by atoms with Gasteiger partial charge in [-0.3, -0.25) is 0 Å². The van der Waals surface area contributed by atoms with Crippen LogP contribution in [0, 0.1) is 0 Å². The molecule has 1 heterocycles. The third-order valence-corrected chi connectivity index (χ3v) is 2.72. The van der Waals surface area contributed by atoms with E-state index in [0.717, 1.165) is 6.21 Å². The van der Waals surface area contributed by atoms with Gasteiger partial charge in [-0.2, -0.15) is 4.79 Å². The Bertz CT molecular complexity index is 842. The summed E-state index contributed by atoms with van der Waals surface area (Å²) in [5, 5.41) is 0.576. The van der Waals surface area contributed by atoms with Crippen molar-refractivity contribution in [2.24, 2.45) is 0 Å². The van der Waals surface area contributed by atoms with Gasteiger partial charge in [0.25, 0.3) is 6.21 Å². The van der Waals surface area contributed by atoms with E-state index in [1.807, 2.05) is 0 Å². The Kier molecular flexibility index (Phi) is 4.62. The van der Waals surface area contributed by atoms with E-state index in [4.69, 9.17) is 19.4 Å². The molecule has 7 nitrogen and oxygen atoms in total. The van der Waals surface area contributed by atoms with Crippen LogP contribution in [0.1, 0.15) is 26.3 Å². The van der Waals surface area contributed by atoms with E-state index in [2.05, 4.69) is 4.79 Å². The van der Waals surface area contributed by atoms with Gasteiger partial charge in [0.2, 0.25) is 0 Å². The Balaban J connectivity index is 2.22. The summed E-state index contributed by atoms with van der Waals surface area (Å²) in [4.78, 5) is 26.0. The number of esters is 1. The fourth-order valence-electron chi connectivity index (χ4n) is 1.94. The maximum atomic E-state index is 11.6. The molecule has 23 heavy (non-hydrogen) atoms. The molecule has 0 aliphatic heterocycles. The third-order valence-electron chi connectivity index (χ3n) is 2.72. The van der Waals surface area contributed by atoms with E-state index < -0.39 is 17.2 Å². The summed E-state index contributed by atoms with van der Waals surface area (Å²) < 4.78 is 15.6. The normalized spacial score (nSPS) is 10.9. The smallest absolute Gasteiger partial charge is 0.344 e. The minimum absolute atomic E-state index is 0.258. The zero-order chi connectivity index (χ0) is 17.0. The average Bonchev–Trinajstić information content (AvgIpc) is 2.43. The van der Waals surface area contributed by atoms with Crippen LogP contribution in [-0.2, 0) is 9.53 Å². The number of nitrogens with zero attached hydrogens (tertiary/aromatic N) is 2. The van der Waals surface area contributed by atoms with E-state index >= 15 is 0 Å². The molecule has 1 aromatic heterocycles. The standard InChI is InChI=1S/C16H16N2O5/c1-16(2,3)23-15(20)9-21-11-4-5-12-10(8-18-17)6-14(19)22-13(12)7-11/h4-8H,9H2,1-3H3. The summed E-state index contributed by atoms with van der Waals surface area (Å²) in [6, 6.07) is 5.94. The van der Waals surface area contributed by atoms with Crippen LogP contribution >= 0.6 is 0 Å². The van der Waals surface area contributed by atoms with Crippen molar-refractivity contribution in [2.45, 2.75) is 26.4 Å². The van der Waals surface area contributed by atoms with E-state index in [1.165, 1.54) is 12.1 Å². The van der Waals surface area contributed by atoms with Crippen LogP contribution in [0.2, 0.25) is 0 Å². The summed E-state index contributed by atoms with van der Waals surface area (Å²) in [6.07, 6.45) is 1.14. The highest BCUT2D eigenvalue weighted by atomic mass is 16.6. The quantitative estimate of drug-likeness (QED) is 0.283. The number of carbonyl (C=O) groups is 1. The highest BCUT2D eigenvalue weighted by molar-refractivity contribution is 5.95. The number of ether oxygens (including phenoxy) is 2. The molecule has 7 heteroatoms. The zero-order valence-electron chi connectivity index (χ0n) is 13.0. The van der Waals surface area contributed by atoms with Crippen molar-refractivity contribution >= 4 is 23.2 Å². The lowest BCUT2D eigenvalue weighted by molar-refractivity contribution is -0.157. The van der Waals surface area contributed by atoms with Gasteiger partial charge in [0, 0.05) is 17.5 Å². The number of hydrogen-bond acceptors (Lipinski definition) is 5. The molecule has 0 bridgehead atoms. The first kappa shape index (κ1) is 16.5. The Morgan fingerprint density at radius 1 is 1.35 bits per heavy atom. The lowest BCUT2D eigenvalue weighted by Gasteiger charge is -2.19. The molecular formula is C16H16N2O5. The molecule has 1 aromatic carbocycles. The van der Waals surface area contributed by atoms with Crippen molar-refractivity contribution in [3.05, 3.63) is 45.8 Å². The molecule has 0 radical (unpaired) electrons. The molecule has 0 saturated carbocycles. The van der Waals surface area contributed by atoms with Crippen molar-refractivity contribution in [2.75, 3.05) is 6.61 Å². The fraction of sp³-hybridized carbons (Fsp3) is 0.312. The molecule has 120 valence electrons. The summed E-state index contributed by atoms with van der Waals surface area (Å²) in [6.45, 7) is 5.03. The van der Waals surface area contributed by atoms with Crippen LogP contribution in [0.25, 0.3) is 16.5 Å². The Morgan fingerprint density at radius 2 is 2.09 bits per heavy atom. The Morgan fingerprint density at radius 3 is 2.74 bits per heavy atom. The van der Waals surface area contributed by atoms with Crippen molar-refractivity contribution in [1.82, 2.24) is 0 Å². The van der Waals surface area contributed by atoms with Crippen LogP contribution in [-0.4, -0.2) is 29.2 Å².